The summed E-state index contributed by atoms with van der Waals surface area (Å²) in [5, 5.41) is 24.4. The van der Waals surface area contributed by atoms with Crippen molar-refractivity contribution in [3.8, 4) is 0 Å². The molecule has 3 aromatic rings. The fourth-order valence-electron chi connectivity index (χ4n) is 3.99. The Hall–Kier alpha value is -6.05. The highest BCUT2D eigenvalue weighted by Crippen LogP contribution is 2.48. The van der Waals surface area contributed by atoms with E-state index in [1.54, 1.807) is 51.3 Å². The van der Waals surface area contributed by atoms with Gasteiger partial charge in [-0.2, -0.15) is 4.98 Å². The number of aliphatic hydroxyl groups is 1. The molecule has 1 aliphatic rings. The number of aliphatic carboxylic acids is 2. The quantitative estimate of drug-likeness (QED) is 0.0426. The minimum absolute atomic E-state index is 0.202. The second-order valence-electron chi connectivity index (χ2n) is 12.0. The lowest BCUT2D eigenvalue weighted by Crippen LogP contribution is -2.29. The first-order valence-corrected chi connectivity index (χ1v) is 18.7. The molecule has 0 aliphatic carbocycles. The van der Waals surface area contributed by atoms with Gasteiger partial charge in [0, 0.05) is 12.2 Å². The first-order chi connectivity index (χ1) is 27.7. The number of imidazole rings is 1. The molecule has 0 unspecified atom stereocenters. The zero-order valence-electron chi connectivity index (χ0n) is 32.2. The van der Waals surface area contributed by atoms with Crippen LogP contribution in [-0.4, -0.2) is 120 Å². The smallest absolute Gasteiger partial charge is 0.478 e. The topological polar surface area (TPSA) is 350 Å². The summed E-state index contributed by atoms with van der Waals surface area (Å²) in [5.74, 6) is -3.51. The average Bonchev–Trinajstić information content (AvgIpc) is 3.79. The lowest BCUT2D eigenvalue weighted by molar-refractivity contribution is -0.134. The second kappa shape index (κ2) is 24.0. The van der Waals surface area contributed by atoms with Crippen LogP contribution in [0, 0.1) is 5.82 Å². The molecule has 326 valence electrons. The Morgan fingerprint density at radius 3 is 2.02 bits per heavy atom. The van der Waals surface area contributed by atoms with Gasteiger partial charge < -0.3 is 59.8 Å². The van der Waals surface area contributed by atoms with Crippen molar-refractivity contribution >= 4 is 54.6 Å². The predicted octanol–water partition coefficient (Wildman–Crippen LogP) is 2.16. The molecule has 0 aromatic carbocycles. The summed E-state index contributed by atoms with van der Waals surface area (Å²) in [5.41, 5.74) is 11.2. The van der Waals surface area contributed by atoms with E-state index in [1.807, 2.05) is 0 Å². The Kier molecular flexibility index (Phi) is 20.0. The zero-order chi connectivity index (χ0) is 44.3. The standard InChI is InChI=1S/C19H30N5O10P.C9H10FN3O3.C4H4O4/c1-12(2)33-18(25)28-9-31-35(27,32-10-29-19(26)34-13(3)4)11-30-14(5)6-24-8-23-15-16(20)21-7-22-17(15)24;10-6-3-13(9(15)12-8(6)11)7-2-1-5(4-14)16-7;5-3(6)1-2-4(7)8/h7-8,12-14H,6,9-11H2,1-5H3,(H2,20,21,22);1-3,5,7,14H,4H2,(H2,11,12,15);1-2H,(H,5,6)(H,7,8)/b;;2-1+/t14-;5-,7+;/m11./s1. The van der Waals surface area contributed by atoms with Crippen molar-refractivity contribution in [3.05, 3.63) is 59.5 Å². The van der Waals surface area contributed by atoms with Gasteiger partial charge in [0.2, 0.25) is 13.6 Å². The summed E-state index contributed by atoms with van der Waals surface area (Å²) in [6, 6.07) is 0. The van der Waals surface area contributed by atoms with E-state index in [4.69, 9.17) is 64.3 Å². The number of carbonyl (C=O) groups is 4. The molecule has 0 spiro atoms. The Balaban J connectivity index is 0.000000407. The van der Waals surface area contributed by atoms with E-state index >= 15 is 0 Å². The van der Waals surface area contributed by atoms with Gasteiger partial charge in [-0.25, -0.2) is 43.3 Å². The predicted molar refractivity (Wildman–Crippen MR) is 197 cm³/mol. The van der Waals surface area contributed by atoms with Crippen molar-refractivity contribution in [2.24, 2.45) is 0 Å². The van der Waals surface area contributed by atoms with Crippen LogP contribution < -0.4 is 17.2 Å². The molecule has 0 amide bonds. The number of nitrogens with two attached hydrogens (primary N) is 2. The van der Waals surface area contributed by atoms with E-state index in [-0.39, 0.29) is 19.0 Å². The molecule has 0 saturated heterocycles. The number of nitrogen functional groups attached to an aromatic ring is 2. The average molecular weight is 863 g/mol. The van der Waals surface area contributed by atoms with E-state index in [0.717, 1.165) is 10.8 Å². The van der Waals surface area contributed by atoms with Gasteiger partial charge in [-0.05, 0) is 40.7 Å². The van der Waals surface area contributed by atoms with Gasteiger partial charge in [-0.3, -0.25) is 18.2 Å². The maximum absolute atomic E-state index is 13.1. The highest BCUT2D eigenvalue weighted by molar-refractivity contribution is 7.53. The van der Waals surface area contributed by atoms with Gasteiger partial charge in [0.15, 0.2) is 29.3 Å². The van der Waals surface area contributed by atoms with E-state index in [0.29, 0.717) is 23.3 Å². The van der Waals surface area contributed by atoms with Crippen LogP contribution in [0.25, 0.3) is 11.2 Å². The van der Waals surface area contributed by atoms with Crippen molar-refractivity contribution in [2.45, 2.75) is 71.8 Å². The van der Waals surface area contributed by atoms with Crippen molar-refractivity contribution in [1.29, 1.82) is 0 Å². The molecular weight excluding hydrogens is 818 g/mol. The molecule has 0 bridgehead atoms. The first kappa shape index (κ1) is 49.1. The van der Waals surface area contributed by atoms with Crippen LogP contribution in [0.1, 0.15) is 40.8 Å². The van der Waals surface area contributed by atoms with Crippen LogP contribution in [0.15, 0.2) is 48.0 Å². The minimum atomic E-state index is -4.06. The molecule has 0 saturated carbocycles. The van der Waals surface area contributed by atoms with Crippen molar-refractivity contribution in [2.75, 3.05) is 38.0 Å². The number of aromatic nitrogens is 6. The third-order valence-corrected chi connectivity index (χ3v) is 7.94. The fourth-order valence-corrected chi connectivity index (χ4v) is 5.08. The van der Waals surface area contributed by atoms with Crippen LogP contribution in [0.5, 0.6) is 0 Å². The number of rotatable bonds is 17. The molecule has 27 heteroatoms. The summed E-state index contributed by atoms with van der Waals surface area (Å²) in [7, 11) is -4.06. The van der Waals surface area contributed by atoms with Gasteiger partial charge in [0.05, 0.1) is 44.0 Å². The van der Waals surface area contributed by atoms with Crippen LogP contribution in [0.3, 0.4) is 0 Å². The summed E-state index contributed by atoms with van der Waals surface area (Å²) in [6.45, 7) is 6.78. The van der Waals surface area contributed by atoms with E-state index in [2.05, 4.69) is 19.9 Å². The molecule has 3 atom stereocenters. The molecule has 0 radical (unpaired) electrons. The zero-order valence-corrected chi connectivity index (χ0v) is 33.1. The third-order valence-electron chi connectivity index (χ3n) is 6.48. The van der Waals surface area contributed by atoms with E-state index in [1.165, 1.54) is 12.7 Å². The number of hydrogen-bond acceptors (Lipinski definition) is 21. The molecule has 3 aromatic heterocycles. The summed E-state index contributed by atoms with van der Waals surface area (Å²) in [6.07, 6.45) is 2.79. The van der Waals surface area contributed by atoms with Crippen molar-refractivity contribution in [3.63, 3.8) is 0 Å². The van der Waals surface area contributed by atoms with Gasteiger partial charge >= 0.3 is 37.5 Å². The second-order valence-corrected chi connectivity index (χ2v) is 14.0. The number of anilines is 2. The fraction of sp³-hybridized carbons (Fsp3) is 0.469. The molecule has 4 rings (SSSR count). The van der Waals surface area contributed by atoms with Gasteiger partial charge in [0.1, 0.15) is 24.3 Å². The molecule has 25 nitrogen and oxygen atoms in total. The SMILES string of the molecule is CC(C)OC(=O)OCOP(=O)(CO[C@H](C)Cn1cnc2c(N)ncnc21)OCOC(=O)OC(C)C.Nc1nc(=O)n([C@@H]2C=C[C@H](CO)O2)cc1F.O=C(O)/C=C/C(=O)O. The number of carboxylic acid groups (broad SMARTS) is 2. The number of carbonyl (C=O) groups excluding carboxylic acids is 2. The number of ether oxygens (including phenoxy) is 6. The van der Waals surface area contributed by atoms with Gasteiger partial charge in [-0.1, -0.05) is 6.08 Å². The van der Waals surface area contributed by atoms with Crippen LogP contribution in [0.4, 0.5) is 25.6 Å². The molecule has 59 heavy (non-hydrogen) atoms. The van der Waals surface area contributed by atoms with Crippen molar-refractivity contribution < 1.29 is 80.9 Å². The third kappa shape index (κ3) is 18.0. The minimum Gasteiger partial charge on any atom is -0.478 e. The molecule has 4 heterocycles. The Bertz CT molecular complexity index is 2000. The summed E-state index contributed by atoms with van der Waals surface area (Å²) < 4.78 is 69.0. The Morgan fingerprint density at radius 1 is 0.932 bits per heavy atom. The monoisotopic (exact) mass is 862 g/mol. The highest BCUT2D eigenvalue weighted by atomic mass is 31.2. The normalized spacial score (nSPS) is 15.3. The maximum atomic E-state index is 13.1. The Morgan fingerprint density at radius 2 is 1.51 bits per heavy atom. The maximum Gasteiger partial charge on any atom is 0.510 e. The van der Waals surface area contributed by atoms with Gasteiger partial charge in [0.25, 0.3) is 0 Å². The molecular formula is C32H44FN8O17P. The largest absolute Gasteiger partial charge is 0.510 e. The number of aliphatic hydroxyl groups excluding tert-OH is 1. The Labute approximate surface area is 333 Å². The van der Waals surface area contributed by atoms with E-state index in [9.17, 15) is 32.9 Å². The number of nitrogens with zero attached hydrogens (tertiary/aromatic N) is 6. The number of halogens is 1. The molecule has 0 fully saturated rings. The lowest BCUT2D eigenvalue weighted by atomic mass is 10.4. The van der Waals surface area contributed by atoms with Crippen LogP contribution >= 0.6 is 7.60 Å². The number of carboxylic acids is 2. The molecule has 7 N–H and O–H groups in total. The van der Waals surface area contributed by atoms with Gasteiger partial charge in [-0.15, -0.1) is 0 Å². The molecule has 1 aliphatic heterocycles. The first-order valence-electron chi connectivity index (χ1n) is 16.9. The number of hydrogen-bond donors (Lipinski definition) is 5. The summed E-state index contributed by atoms with van der Waals surface area (Å²) in [4.78, 5) is 69.0. The number of fused-ring (bicyclic) bond motifs is 1. The lowest BCUT2D eigenvalue weighted by Gasteiger charge is -2.21. The summed E-state index contributed by atoms with van der Waals surface area (Å²) >= 11 is 0. The van der Waals surface area contributed by atoms with Crippen LogP contribution in [0.2, 0.25) is 0 Å². The van der Waals surface area contributed by atoms with Crippen LogP contribution in [-0.2, 0) is 58.2 Å². The van der Waals surface area contributed by atoms with E-state index < -0.39 is 99.7 Å². The van der Waals surface area contributed by atoms with Crippen molar-refractivity contribution in [1.82, 2.24) is 29.1 Å². The highest BCUT2D eigenvalue weighted by Gasteiger charge is 2.29.